The number of urea groups is 1. The van der Waals surface area contributed by atoms with E-state index in [4.69, 9.17) is 5.73 Å². The number of aryl methyl sites for hydroxylation is 1. The first kappa shape index (κ1) is 17.4. The van der Waals surface area contributed by atoms with Gasteiger partial charge in [-0.2, -0.15) is 0 Å². The van der Waals surface area contributed by atoms with Gasteiger partial charge >= 0.3 is 6.03 Å². The largest absolute Gasteiger partial charge is 0.350 e. The summed E-state index contributed by atoms with van der Waals surface area (Å²) in [5.74, 6) is -0.374. The fourth-order valence-electron chi connectivity index (χ4n) is 3.19. The fraction of sp³-hybridized carbons (Fsp3) is 0.500. The lowest BCUT2D eigenvalue weighted by molar-refractivity contribution is -0.135. The third-order valence-corrected chi connectivity index (χ3v) is 5.00. The molecular weight excluding hydrogens is 320 g/mol. The van der Waals surface area contributed by atoms with Crippen molar-refractivity contribution in [1.82, 2.24) is 15.5 Å². The number of carbonyl (C=O) groups is 3. The molecule has 0 bridgehead atoms. The number of benzene rings is 1. The van der Waals surface area contributed by atoms with E-state index in [9.17, 15) is 14.4 Å². The van der Waals surface area contributed by atoms with E-state index in [0.717, 1.165) is 23.3 Å². The van der Waals surface area contributed by atoms with Crippen molar-refractivity contribution < 1.29 is 14.4 Å². The highest BCUT2D eigenvalue weighted by atomic mass is 16.2. The molecule has 7 nitrogen and oxygen atoms in total. The number of nitrogens with two attached hydrogens (primary N) is 1. The molecule has 2 aliphatic rings. The van der Waals surface area contributed by atoms with Gasteiger partial charge in [-0.1, -0.05) is 29.8 Å². The first-order valence-electron chi connectivity index (χ1n) is 8.56. The maximum Gasteiger partial charge on any atom is 0.325 e. The second-order valence-electron chi connectivity index (χ2n) is 7.06. The highest BCUT2D eigenvalue weighted by molar-refractivity contribution is 6.09. The molecule has 1 aromatic rings. The monoisotopic (exact) mass is 344 g/mol. The van der Waals surface area contributed by atoms with Gasteiger partial charge in [-0.15, -0.1) is 0 Å². The molecule has 2 unspecified atom stereocenters. The van der Waals surface area contributed by atoms with E-state index in [1.165, 1.54) is 0 Å². The molecule has 1 aromatic carbocycles. The number of hydrogen-bond donors (Lipinski definition) is 3. The maximum atomic E-state index is 12.8. The molecular formula is C18H24N4O3. The van der Waals surface area contributed by atoms with Crippen molar-refractivity contribution in [3.05, 3.63) is 35.4 Å². The number of nitrogens with one attached hydrogen (secondary N) is 2. The van der Waals surface area contributed by atoms with Crippen LogP contribution in [0.4, 0.5) is 4.79 Å². The summed E-state index contributed by atoms with van der Waals surface area (Å²) in [5, 5.41) is 5.54. The predicted molar refractivity (Wildman–Crippen MR) is 92.5 cm³/mol. The Labute approximate surface area is 146 Å². The molecule has 2 fully saturated rings. The van der Waals surface area contributed by atoms with Crippen LogP contribution in [0.5, 0.6) is 0 Å². The Morgan fingerprint density at radius 3 is 2.56 bits per heavy atom. The van der Waals surface area contributed by atoms with Crippen molar-refractivity contribution in [1.29, 1.82) is 0 Å². The molecule has 4 N–H and O–H groups in total. The Bertz CT molecular complexity index is 699. The van der Waals surface area contributed by atoms with Crippen LogP contribution in [0, 0.1) is 12.8 Å². The molecule has 1 aliphatic heterocycles. The van der Waals surface area contributed by atoms with Crippen LogP contribution in [0.3, 0.4) is 0 Å². The van der Waals surface area contributed by atoms with E-state index in [2.05, 4.69) is 10.6 Å². The normalized spacial score (nSPS) is 24.2. The summed E-state index contributed by atoms with van der Waals surface area (Å²) in [4.78, 5) is 38.3. The van der Waals surface area contributed by atoms with Gasteiger partial charge in [0.15, 0.2) is 0 Å². The minimum Gasteiger partial charge on any atom is -0.350 e. The molecule has 134 valence electrons. The Balaban J connectivity index is 1.70. The van der Waals surface area contributed by atoms with E-state index >= 15 is 0 Å². The van der Waals surface area contributed by atoms with Gasteiger partial charge in [-0.25, -0.2) is 4.79 Å². The molecule has 7 heteroatoms. The zero-order chi connectivity index (χ0) is 18.2. The highest BCUT2D eigenvalue weighted by Crippen LogP contribution is 2.32. The third kappa shape index (κ3) is 3.37. The third-order valence-electron chi connectivity index (χ3n) is 5.00. The summed E-state index contributed by atoms with van der Waals surface area (Å²) in [5.41, 5.74) is 6.28. The minimum absolute atomic E-state index is 0.0863. The zero-order valence-electron chi connectivity index (χ0n) is 14.5. The van der Waals surface area contributed by atoms with E-state index in [1.807, 2.05) is 31.2 Å². The summed E-state index contributed by atoms with van der Waals surface area (Å²) in [7, 11) is 0. The molecule has 0 aromatic heterocycles. The fourth-order valence-corrected chi connectivity index (χ4v) is 3.19. The molecule has 1 aliphatic carbocycles. The van der Waals surface area contributed by atoms with Gasteiger partial charge in [0, 0.05) is 12.6 Å². The van der Waals surface area contributed by atoms with Gasteiger partial charge in [0.1, 0.15) is 12.1 Å². The van der Waals surface area contributed by atoms with Gasteiger partial charge < -0.3 is 16.4 Å². The summed E-state index contributed by atoms with van der Waals surface area (Å²) < 4.78 is 0. The first-order chi connectivity index (χ1) is 11.8. The Morgan fingerprint density at radius 1 is 1.36 bits per heavy atom. The summed E-state index contributed by atoms with van der Waals surface area (Å²) in [6, 6.07) is 6.76. The summed E-state index contributed by atoms with van der Waals surface area (Å²) in [6.07, 6.45) is 2.10. The van der Waals surface area contributed by atoms with Gasteiger partial charge in [0.2, 0.25) is 5.91 Å². The number of hydrogen-bond acceptors (Lipinski definition) is 4. The summed E-state index contributed by atoms with van der Waals surface area (Å²) in [6.45, 7) is 3.67. The van der Waals surface area contributed by atoms with E-state index in [0.29, 0.717) is 18.0 Å². The number of nitrogens with zero attached hydrogens (tertiary/aromatic N) is 1. The average Bonchev–Trinajstić information content (AvgIpc) is 3.39. The number of amides is 4. The lowest BCUT2D eigenvalue weighted by Gasteiger charge is -2.22. The highest BCUT2D eigenvalue weighted by Gasteiger charge is 2.49. The second kappa shape index (κ2) is 6.48. The van der Waals surface area contributed by atoms with Crippen molar-refractivity contribution >= 4 is 17.8 Å². The van der Waals surface area contributed by atoms with Gasteiger partial charge in [-0.05, 0) is 38.2 Å². The minimum atomic E-state index is -1.16. The van der Waals surface area contributed by atoms with Crippen LogP contribution in [0.2, 0.25) is 0 Å². The topological polar surface area (TPSA) is 105 Å². The molecule has 2 atom stereocenters. The van der Waals surface area contributed by atoms with Crippen LogP contribution in [0.25, 0.3) is 0 Å². The molecule has 1 saturated carbocycles. The SMILES string of the molecule is Cc1ccc(C2(C)NC(=O)N(CC(=O)NC(CN)C3CC3)C2=O)cc1. The van der Waals surface area contributed by atoms with Crippen molar-refractivity contribution in [3.8, 4) is 0 Å². The maximum absolute atomic E-state index is 12.8. The van der Waals surface area contributed by atoms with Crippen molar-refractivity contribution in [2.24, 2.45) is 11.7 Å². The second-order valence-corrected chi connectivity index (χ2v) is 7.06. The van der Waals surface area contributed by atoms with Crippen LogP contribution in [0.15, 0.2) is 24.3 Å². The molecule has 3 rings (SSSR count). The predicted octanol–water partition coefficient (Wildman–Crippen LogP) is 0.616. The quantitative estimate of drug-likeness (QED) is 0.658. The zero-order valence-corrected chi connectivity index (χ0v) is 14.5. The standard InChI is InChI=1S/C18H24N4O3/c1-11-3-7-13(8-4-11)18(2)16(24)22(17(25)21-18)10-15(23)20-14(9-19)12-5-6-12/h3-4,7-8,12,14H,5-6,9-10,19H2,1-2H3,(H,20,23)(H,21,25). The van der Waals surface area contributed by atoms with Crippen molar-refractivity contribution in [3.63, 3.8) is 0 Å². The Kier molecular flexibility index (Phi) is 4.51. The van der Waals surface area contributed by atoms with Gasteiger partial charge in [-0.3, -0.25) is 14.5 Å². The van der Waals surface area contributed by atoms with Crippen molar-refractivity contribution in [2.45, 2.75) is 38.3 Å². The molecule has 4 amide bonds. The Morgan fingerprint density at radius 2 is 2.00 bits per heavy atom. The molecule has 25 heavy (non-hydrogen) atoms. The van der Waals surface area contributed by atoms with Crippen LogP contribution < -0.4 is 16.4 Å². The Hall–Kier alpha value is -2.41. The number of rotatable bonds is 6. The van der Waals surface area contributed by atoms with Crippen molar-refractivity contribution in [2.75, 3.05) is 13.1 Å². The molecule has 0 spiro atoms. The van der Waals surface area contributed by atoms with E-state index < -0.39 is 17.5 Å². The smallest absolute Gasteiger partial charge is 0.325 e. The number of imide groups is 1. The lowest BCUT2D eigenvalue weighted by atomic mass is 9.91. The first-order valence-corrected chi connectivity index (χ1v) is 8.56. The van der Waals surface area contributed by atoms with E-state index in [1.54, 1.807) is 6.92 Å². The van der Waals surface area contributed by atoms with Crippen LogP contribution >= 0.6 is 0 Å². The van der Waals surface area contributed by atoms with Crippen LogP contribution in [0.1, 0.15) is 30.9 Å². The molecule has 0 radical (unpaired) electrons. The molecule has 1 heterocycles. The van der Waals surface area contributed by atoms with Crippen LogP contribution in [-0.2, 0) is 15.1 Å². The lowest BCUT2D eigenvalue weighted by Crippen LogP contribution is -2.48. The molecule has 1 saturated heterocycles. The average molecular weight is 344 g/mol. The van der Waals surface area contributed by atoms with Gasteiger partial charge in [0.05, 0.1) is 0 Å². The van der Waals surface area contributed by atoms with E-state index in [-0.39, 0.29) is 18.5 Å². The number of carbonyl (C=O) groups excluding carboxylic acids is 3. The van der Waals surface area contributed by atoms with Gasteiger partial charge in [0.25, 0.3) is 5.91 Å². The van der Waals surface area contributed by atoms with Crippen LogP contribution in [-0.4, -0.2) is 41.9 Å². The summed E-state index contributed by atoms with van der Waals surface area (Å²) >= 11 is 0.